The molecule has 1 N–H and O–H groups in total. The molecule has 0 spiro atoms. The smallest absolute Gasteiger partial charge is 0.254 e. The van der Waals surface area contributed by atoms with Crippen molar-refractivity contribution in [2.75, 3.05) is 38.1 Å². The summed E-state index contributed by atoms with van der Waals surface area (Å²) in [7, 11) is 1.75. The number of anilines is 1. The van der Waals surface area contributed by atoms with Crippen LogP contribution in [0.1, 0.15) is 29.0 Å². The molecule has 0 saturated carbocycles. The highest BCUT2D eigenvalue weighted by molar-refractivity contribution is 5.95. The third-order valence-corrected chi connectivity index (χ3v) is 4.11. The minimum Gasteiger partial charge on any atom is -0.369 e. The molecular formula is C17H23N5O2. The van der Waals surface area contributed by atoms with E-state index in [9.17, 15) is 4.79 Å². The number of carbonyl (C=O) groups is 1. The molecule has 0 unspecified atom stereocenters. The van der Waals surface area contributed by atoms with Gasteiger partial charge in [-0.1, -0.05) is 18.1 Å². The maximum absolute atomic E-state index is 12.7. The third-order valence-electron chi connectivity index (χ3n) is 4.11. The quantitative estimate of drug-likeness (QED) is 0.892. The van der Waals surface area contributed by atoms with Gasteiger partial charge in [-0.3, -0.25) is 4.79 Å². The van der Waals surface area contributed by atoms with E-state index < -0.39 is 0 Å². The van der Waals surface area contributed by atoms with Crippen LogP contribution in [-0.4, -0.2) is 54.2 Å². The molecule has 128 valence electrons. The van der Waals surface area contributed by atoms with Crippen molar-refractivity contribution < 1.29 is 9.32 Å². The molecule has 1 amide bonds. The van der Waals surface area contributed by atoms with Gasteiger partial charge in [0.2, 0.25) is 5.89 Å². The SMILES string of the molecule is CCc1nc(CN(C)C(=O)c2cccc(N3CCNCC3)c2)no1. The van der Waals surface area contributed by atoms with Gasteiger partial charge in [0, 0.05) is 50.9 Å². The number of aryl methyl sites for hydroxylation is 1. The van der Waals surface area contributed by atoms with Crippen molar-refractivity contribution in [1.29, 1.82) is 0 Å². The number of rotatable bonds is 5. The van der Waals surface area contributed by atoms with Gasteiger partial charge in [0.15, 0.2) is 5.82 Å². The van der Waals surface area contributed by atoms with E-state index in [1.54, 1.807) is 11.9 Å². The fourth-order valence-corrected chi connectivity index (χ4v) is 2.76. The first kappa shape index (κ1) is 16.4. The van der Waals surface area contributed by atoms with Gasteiger partial charge in [0.1, 0.15) is 0 Å². The summed E-state index contributed by atoms with van der Waals surface area (Å²) < 4.78 is 5.09. The topological polar surface area (TPSA) is 74.5 Å². The summed E-state index contributed by atoms with van der Waals surface area (Å²) in [6.07, 6.45) is 0.692. The van der Waals surface area contributed by atoms with Crippen LogP contribution in [0.15, 0.2) is 28.8 Å². The fraction of sp³-hybridized carbons (Fsp3) is 0.471. The van der Waals surface area contributed by atoms with Crippen LogP contribution in [0.25, 0.3) is 0 Å². The Morgan fingerprint density at radius 2 is 2.17 bits per heavy atom. The molecule has 1 aliphatic rings. The third kappa shape index (κ3) is 3.73. The lowest BCUT2D eigenvalue weighted by Gasteiger charge is -2.29. The van der Waals surface area contributed by atoms with E-state index >= 15 is 0 Å². The summed E-state index contributed by atoms with van der Waals surface area (Å²) in [5.41, 5.74) is 1.76. The second kappa shape index (κ2) is 7.44. The number of nitrogens with one attached hydrogen (secondary N) is 1. The number of hydrogen-bond donors (Lipinski definition) is 1. The zero-order valence-electron chi connectivity index (χ0n) is 14.2. The van der Waals surface area contributed by atoms with Crippen molar-refractivity contribution in [3.8, 4) is 0 Å². The molecule has 0 bridgehead atoms. The van der Waals surface area contributed by atoms with Gasteiger partial charge in [0.25, 0.3) is 5.91 Å². The van der Waals surface area contributed by atoms with E-state index in [-0.39, 0.29) is 5.91 Å². The summed E-state index contributed by atoms with van der Waals surface area (Å²) in [5.74, 6) is 1.07. The Morgan fingerprint density at radius 1 is 1.38 bits per heavy atom. The van der Waals surface area contributed by atoms with Crippen LogP contribution in [-0.2, 0) is 13.0 Å². The maximum Gasteiger partial charge on any atom is 0.254 e. The minimum absolute atomic E-state index is 0.0465. The van der Waals surface area contributed by atoms with E-state index in [1.807, 2.05) is 25.1 Å². The highest BCUT2D eigenvalue weighted by Crippen LogP contribution is 2.18. The largest absolute Gasteiger partial charge is 0.369 e. The zero-order chi connectivity index (χ0) is 16.9. The van der Waals surface area contributed by atoms with E-state index in [4.69, 9.17) is 4.52 Å². The molecule has 7 nitrogen and oxygen atoms in total. The van der Waals surface area contributed by atoms with Crippen molar-refractivity contribution in [2.24, 2.45) is 0 Å². The van der Waals surface area contributed by atoms with Crippen LogP contribution >= 0.6 is 0 Å². The van der Waals surface area contributed by atoms with Gasteiger partial charge in [-0.25, -0.2) is 0 Å². The molecule has 0 atom stereocenters. The first-order chi connectivity index (χ1) is 11.7. The summed E-state index contributed by atoms with van der Waals surface area (Å²) in [4.78, 5) is 20.8. The molecule has 1 aromatic carbocycles. The number of carbonyl (C=O) groups excluding carboxylic acids is 1. The maximum atomic E-state index is 12.7. The molecule has 1 aromatic heterocycles. The molecule has 2 aromatic rings. The van der Waals surface area contributed by atoms with Crippen molar-refractivity contribution in [2.45, 2.75) is 19.9 Å². The number of aromatic nitrogens is 2. The molecular weight excluding hydrogens is 306 g/mol. The monoisotopic (exact) mass is 329 g/mol. The fourth-order valence-electron chi connectivity index (χ4n) is 2.76. The van der Waals surface area contributed by atoms with E-state index in [2.05, 4.69) is 26.4 Å². The number of benzene rings is 1. The van der Waals surface area contributed by atoms with Crippen molar-refractivity contribution in [1.82, 2.24) is 20.4 Å². The molecule has 24 heavy (non-hydrogen) atoms. The van der Waals surface area contributed by atoms with Crippen LogP contribution in [0.2, 0.25) is 0 Å². The lowest BCUT2D eigenvalue weighted by atomic mass is 10.1. The van der Waals surface area contributed by atoms with Crippen LogP contribution < -0.4 is 10.2 Å². The molecule has 3 rings (SSSR count). The number of hydrogen-bond acceptors (Lipinski definition) is 6. The average molecular weight is 329 g/mol. The normalized spacial score (nSPS) is 14.7. The predicted octanol–water partition coefficient (Wildman–Crippen LogP) is 1.31. The van der Waals surface area contributed by atoms with Gasteiger partial charge < -0.3 is 19.6 Å². The number of nitrogens with zero attached hydrogens (tertiary/aromatic N) is 4. The molecule has 1 fully saturated rings. The van der Waals surface area contributed by atoms with Crippen molar-refractivity contribution in [3.05, 3.63) is 41.5 Å². The van der Waals surface area contributed by atoms with Gasteiger partial charge in [-0.2, -0.15) is 4.98 Å². The molecule has 0 aliphatic carbocycles. The summed E-state index contributed by atoms with van der Waals surface area (Å²) in [6.45, 7) is 6.13. The summed E-state index contributed by atoms with van der Waals surface area (Å²) in [6, 6.07) is 7.78. The highest BCUT2D eigenvalue weighted by atomic mass is 16.5. The second-order valence-electron chi connectivity index (χ2n) is 5.91. The van der Waals surface area contributed by atoms with Crippen molar-refractivity contribution >= 4 is 11.6 Å². The predicted molar refractivity (Wildman–Crippen MR) is 91.0 cm³/mol. The van der Waals surface area contributed by atoms with Gasteiger partial charge in [0.05, 0.1) is 6.54 Å². The van der Waals surface area contributed by atoms with Crippen LogP contribution in [0.4, 0.5) is 5.69 Å². The second-order valence-corrected chi connectivity index (χ2v) is 5.91. The van der Waals surface area contributed by atoms with Crippen LogP contribution in [0, 0.1) is 0 Å². The Morgan fingerprint density at radius 3 is 2.88 bits per heavy atom. The molecule has 2 heterocycles. The Labute approximate surface area is 141 Å². The first-order valence-electron chi connectivity index (χ1n) is 8.30. The summed E-state index contributed by atoms with van der Waals surface area (Å²) in [5, 5.41) is 7.23. The lowest BCUT2D eigenvalue weighted by Crippen LogP contribution is -2.43. The Kier molecular flexibility index (Phi) is 5.10. The number of piperazine rings is 1. The Bertz CT molecular complexity index is 694. The van der Waals surface area contributed by atoms with E-state index in [0.717, 1.165) is 31.9 Å². The number of amides is 1. The van der Waals surface area contributed by atoms with Crippen LogP contribution in [0.3, 0.4) is 0 Å². The summed E-state index contributed by atoms with van der Waals surface area (Å²) >= 11 is 0. The van der Waals surface area contributed by atoms with Gasteiger partial charge in [-0.15, -0.1) is 0 Å². The Balaban J connectivity index is 1.69. The van der Waals surface area contributed by atoms with Crippen LogP contribution in [0.5, 0.6) is 0 Å². The first-order valence-corrected chi connectivity index (χ1v) is 8.30. The van der Waals surface area contributed by atoms with E-state index in [1.165, 1.54) is 0 Å². The molecule has 1 aliphatic heterocycles. The standard InChI is InChI=1S/C17H23N5O2/c1-3-16-19-15(20-24-16)12-21(2)17(23)13-5-4-6-14(11-13)22-9-7-18-8-10-22/h4-6,11,18H,3,7-10,12H2,1-2H3. The highest BCUT2D eigenvalue weighted by Gasteiger charge is 2.17. The minimum atomic E-state index is -0.0465. The molecule has 7 heteroatoms. The van der Waals surface area contributed by atoms with Gasteiger partial charge >= 0.3 is 0 Å². The Hall–Kier alpha value is -2.41. The lowest BCUT2D eigenvalue weighted by molar-refractivity contribution is 0.0780. The zero-order valence-corrected chi connectivity index (χ0v) is 14.2. The van der Waals surface area contributed by atoms with Crippen molar-refractivity contribution in [3.63, 3.8) is 0 Å². The average Bonchev–Trinajstić information content (AvgIpc) is 3.09. The molecule has 1 saturated heterocycles. The van der Waals surface area contributed by atoms with E-state index in [0.29, 0.717) is 30.2 Å². The van der Waals surface area contributed by atoms with Gasteiger partial charge in [-0.05, 0) is 18.2 Å². The molecule has 0 radical (unpaired) electrons.